The third-order valence-corrected chi connectivity index (χ3v) is 6.28. The number of carbonyl (C=O) groups is 1. The Labute approximate surface area is 143 Å². The van der Waals surface area contributed by atoms with Crippen LogP contribution in [0.15, 0.2) is 57.9 Å². The van der Waals surface area contributed by atoms with Crippen LogP contribution in [-0.2, 0) is 27.8 Å². The van der Waals surface area contributed by atoms with Gasteiger partial charge in [-0.2, -0.15) is 4.31 Å². The number of fused-ring (bicyclic) bond motifs is 1. The molecular formula is C16H15BrN2O3S. The Kier molecular flexibility index (Phi) is 4.27. The minimum absolute atomic E-state index is 0.137. The number of benzene rings is 2. The zero-order valence-electron chi connectivity index (χ0n) is 12.1. The van der Waals surface area contributed by atoms with E-state index in [4.69, 9.17) is 5.73 Å². The van der Waals surface area contributed by atoms with Crippen LogP contribution in [0.3, 0.4) is 0 Å². The van der Waals surface area contributed by atoms with Gasteiger partial charge in [-0.15, -0.1) is 0 Å². The highest BCUT2D eigenvalue weighted by atomic mass is 79.9. The van der Waals surface area contributed by atoms with Gasteiger partial charge in [0.05, 0.1) is 4.90 Å². The number of halogens is 1. The highest BCUT2D eigenvalue weighted by Crippen LogP contribution is 2.29. The lowest BCUT2D eigenvalue weighted by Crippen LogP contribution is -2.50. The molecule has 0 saturated heterocycles. The van der Waals surface area contributed by atoms with Crippen LogP contribution < -0.4 is 5.73 Å². The molecule has 0 saturated carbocycles. The van der Waals surface area contributed by atoms with Gasteiger partial charge in [0, 0.05) is 11.0 Å². The number of primary amides is 1. The van der Waals surface area contributed by atoms with Crippen LogP contribution >= 0.6 is 15.9 Å². The molecule has 5 nitrogen and oxygen atoms in total. The molecule has 1 aliphatic rings. The van der Waals surface area contributed by atoms with E-state index in [9.17, 15) is 13.2 Å². The molecule has 1 amide bonds. The van der Waals surface area contributed by atoms with Crippen LogP contribution in [0.2, 0.25) is 0 Å². The van der Waals surface area contributed by atoms with Crippen molar-refractivity contribution in [2.45, 2.75) is 23.9 Å². The molecule has 7 heteroatoms. The van der Waals surface area contributed by atoms with Gasteiger partial charge in [0.25, 0.3) is 0 Å². The molecule has 2 aromatic carbocycles. The van der Waals surface area contributed by atoms with E-state index in [1.807, 2.05) is 24.3 Å². The summed E-state index contributed by atoms with van der Waals surface area (Å²) < 4.78 is 27.8. The summed E-state index contributed by atoms with van der Waals surface area (Å²) in [6.45, 7) is 0.138. The van der Waals surface area contributed by atoms with Gasteiger partial charge < -0.3 is 5.73 Å². The van der Waals surface area contributed by atoms with E-state index in [-0.39, 0.29) is 11.4 Å². The molecule has 0 aliphatic carbocycles. The lowest BCUT2D eigenvalue weighted by molar-refractivity contribution is -0.122. The topological polar surface area (TPSA) is 80.5 Å². The zero-order chi connectivity index (χ0) is 16.6. The third kappa shape index (κ3) is 3.04. The number of rotatable bonds is 3. The molecule has 1 aliphatic heterocycles. The van der Waals surface area contributed by atoms with Gasteiger partial charge in [-0.3, -0.25) is 4.79 Å². The molecular weight excluding hydrogens is 380 g/mol. The first-order valence-electron chi connectivity index (χ1n) is 7.03. The van der Waals surface area contributed by atoms with Crippen LogP contribution in [0.1, 0.15) is 11.1 Å². The summed E-state index contributed by atoms with van der Waals surface area (Å²) in [4.78, 5) is 12.0. The van der Waals surface area contributed by atoms with Gasteiger partial charge >= 0.3 is 0 Å². The molecule has 0 fully saturated rings. The summed E-state index contributed by atoms with van der Waals surface area (Å²) in [6.07, 6.45) is 0.290. The van der Waals surface area contributed by atoms with Crippen molar-refractivity contribution in [3.8, 4) is 0 Å². The number of carbonyl (C=O) groups excluding carboxylic acids is 1. The van der Waals surface area contributed by atoms with Crippen molar-refractivity contribution in [1.82, 2.24) is 4.31 Å². The maximum absolute atomic E-state index is 13.0. The molecule has 3 rings (SSSR count). The smallest absolute Gasteiger partial charge is 0.244 e. The summed E-state index contributed by atoms with van der Waals surface area (Å²) >= 11 is 3.27. The second kappa shape index (κ2) is 6.07. The van der Waals surface area contributed by atoms with Crippen LogP contribution in [-0.4, -0.2) is 24.7 Å². The van der Waals surface area contributed by atoms with E-state index in [0.29, 0.717) is 10.9 Å². The van der Waals surface area contributed by atoms with Gasteiger partial charge in [0.2, 0.25) is 15.9 Å². The van der Waals surface area contributed by atoms with Crippen molar-refractivity contribution in [1.29, 1.82) is 0 Å². The number of hydrogen-bond acceptors (Lipinski definition) is 3. The monoisotopic (exact) mass is 394 g/mol. The summed E-state index contributed by atoms with van der Waals surface area (Å²) in [5, 5.41) is 0. The number of nitrogens with zero attached hydrogens (tertiary/aromatic N) is 1. The largest absolute Gasteiger partial charge is 0.368 e. The molecule has 0 spiro atoms. The quantitative estimate of drug-likeness (QED) is 0.864. The van der Waals surface area contributed by atoms with E-state index < -0.39 is 22.0 Å². The Balaban J connectivity index is 2.07. The lowest BCUT2D eigenvalue weighted by atomic mass is 9.96. The first kappa shape index (κ1) is 16.2. The minimum atomic E-state index is -3.82. The fourth-order valence-electron chi connectivity index (χ4n) is 2.76. The standard InChI is InChI=1S/C16H15BrN2O3S/c17-13-6-3-7-14(9-13)23(21,22)19-10-12-5-2-1-4-11(12)8-15(19)16(18)20/h1-7,9,15H,8,10H2,(H2,18,20)/t15-/m0/s1. The van der Waals surface area contributed by atoms with Gasteiger partial charge in [0.15, 0.2) is 0 Å². The van der Waals surface area contributed by atoms with Crippen molar-refractivity contribution in [3.05, 3.63) is 64.1 Å². The lowest BCUT2D eigenvalue weighted by Gasteiger charge is -2.34. The van der Waals surface area contributed by atoms with E-state index in [1.54, 1.807) is 12.1 Å². The Morgan fingerprint density at radius 2 is 1.83 bits per heavy atom. The van der Waals surface area contributed by atoms with E-state index in [1.165, 1.54) is 16.4 Å². The highest BCUT2D eigenvalue weighted by Gasteiger charge is 2.38. The molecule has 23 heavy (non-hydrogen) atoms. The fraction of sp³-hybridized carbons (Fsp3) is 0.188. The number of amides is 1. The molecule has 0 radical (unpaired) electrons. The Morgan fingerprint density at radius 3 is 2.48 bits per heavy atom. The summed E-state index contributed by atoms with van der Waals surface area (Å²) in [7, 11) is -3.82. The maximum atomic E-state index is 13.0. The molecule has 2 aromatic rings. The molecule has 1 heterocycles. The van der Waals surface area contributed by atoms with Crippen LogP contribution in [0.5, 0.6) is 0 Å². The molecule has 120 valence electrons. The van der Waals surface area contributed by atoms with Gasteiger partial charge in [-0.1, -0.05) is 46.3 Å². The molecule has 2 N–H and O–H groups in total. The van der Waals surface area contributed by atoms with Crippen LogP contribution in [0.4, 0.5) is 0 Å². The Morgan fingerprint density at radius 1 is 1.13 bits per heavy atom. The second-order valence-electron chi connectivity index (χ2n) is 5.40. The van der Waals surface area contributed by atoms with Gasteiger partial charge in [-0.25, -0.2) is 8.42 Å². The van der Waals surface area contributed by atoms with Gasteiger partial charge in [0.1, 0.15) is 6.04 Å². The van der Waals surface area contributed by atoms with E-state index >= 15 is 0 Å². The summed E-state index contributed by atoms with van der Waals surface area (Å²) in [5.41, 5.74) is 7.31. The SMILES string of the molecule is NC(=O)[C@@H]1Cc2ccccc2CN1S(=O)(=O)c1cccc(Br)c1. The molecule has 0 bridgehead atoms. The molecule has 1 atom stereocenters. The third-order valence-electron chi connectivity index (χ3n) is 3.94. The van der Waals surface area contributed by atoms with E-state index in [0.717, 1.165) is 11.1 Å². The first-order chi connectivity index (χ1) is 10.9. The maximum Gasteiger partial charge on any atom is 0.244 e. The summed E-state index contributed by atoms with van der Waals surface area (Å²) in [6, 6.07) is 13.0. The van der Waals surface area contributed by atoms with E-state index in [2.05, 4.69) is 15.9 Å². The van der Waals surface area contributed by atoms with Crippen molar-refractivity contribution in [2.24, 2.45) is 5.73 Å². The minimum Gasteiger partial charge on any atom is -0.368 e. The van der Waals surface area contributed by atoms with Crippen molar-refractivity contribution >= 4 is 31.9 Å². The second-order valence-corrected chi connectivity index (χ2v) is 8.20. The van der Waals surface area contributed by atoms with Crippen molar-refractivity contribution < 1.29 is 13.2 Å². The van der Waals surface area contributed by atoms with Crippen LogP contribution in [0, 0.1) is 0 Å². The number of nitrogens with two attached hydrogens (primary N) is 1. The average molecular weight is 395 g/mol. The summed E-state index contributed by atoms with van der Waals surface area (Å²) in [5.74, 6) is -0.641. The van der Waals surface area contributed by atoms with Crippen molar-refractivity contribution in [3.63, 3.8) is 0 Å². The fourth-order valence-corrected chi connectivity index (χ4v) is 4.93. The van der Waals surface area contributed by atoms with Crippen molar-refractivity contribution in [2.75, 3.05) is 0 Å². The van der Waals surface area contributed by atoms with Crippen LogP contribution in [0.25, 0.3) is 0 Å². The highest BCUT2D eigenvalue weighted by molar-refractivity contribution is 9.10. The Hall–Kier alpha value is -1.70. The normalized spacial score (nSPS) is 18.4. The predicted molar refractivity (Wildman–Crippen MR) is 90.0 cm³/mol. The molecule has 0 unspecified atom stereocenters. The first-order valence-corrected chi connectivity index (χ1v) is 9.26. The zero-order valence-corrected chi connectivity index (χ0v) is 14.5. The van der Waals surface area contributed by atoms with Gasteiger partial charge in [-0.05, 0) is 35.7 Å². The predicted octanol–water partition coefficient (Wildman–Crippen LogP) is 2.05. The number of hydrogen-bond donors (Lipinski definition) is 1. The Bertz CT molecular complexity index is 867. The number of sulfonamides is 1. The molecule has 0 aromatic heterocycles. The average Bonchev–Trinajstić information content (AvgIpc) is 2.53.